The maximum Gasteiger partial charge on any atom is 0.387 e. The average Bonchev–Trinajstić information content (AvgIpc) is 3.24. The molecule has 1 aliphatic heterocycles. The molecule has 1 amide bonds. The number of rotatable bonds is 8. The Morgan fingerprint density at radius 1 is 1.13 bits per heavy atom. The van der Waals surface area contributed by atoms with Gasteiger partial charge in [-0.15, -0.1) is 0 Å². The molecule has 3 rings (SSSR count). The van der Waals surface area contributed by atoms with E-state index in [4.69, 9.17) is 0 Å². The predicted molar refractivity (Wildman–Crippen MR) is 117 cm³/mol. The molecule has 0 bridgehead atoms. The minimum absolute atomic E-state index is 0.102. The number of anilines is 1. The molecular formula is C22H27F2N5O2. The standard InChI is InChI=1S/C22H27F2N5O2/c1-25-22(27-13-12-26-20(30)16-7-3-2-4-8-16)28-17-11-14-29(15-17)18-9-5-6-10-19(18)31-21(23)24/h2-10,17,21H,11-15H2,1H3,(H,26,30)(H2,25,27,28). The first-order chi connectivity index (χ1) is 15.1. The van der Waals surface area contributed by atoms with E-state index in [1.165, 1.54) is 0 Å². The van der Waals surface area contributed by atoms with E-state index in [0.29, 0.717) is 43.4 Å². The fraction of sp³-hybridized carbons (Fsp3) is 0.364. The number of halogens is 2. The maximum atomic E-state index is 12.7. The third-order valence-electron chi connectivity index (χ3n) is 4.91. The molecule has 1 heterocycles. The highest BCUT2D eigenvalue weighted by Gasteiger charge is 2.26. The van der Waals surface area contributed by atoms with E-state index in [2.05, 4.69) is 25.7 Å². The largest absolute Gasteiger partial charge is 0.433 e. The van der Waals surface area contributed by atoms with Gasteiger partial charge in [-0.3, -0.25) is 9.79 Å². The summed E-state index contributed by atoms with van der Waals surface area (Å²) in [6.07, 6.45) is 0.828. The number of guanidine groups is 1. The van der Waals surface area contributed by atoms with E-state index < -0.39 is 6.61 Å². The molecule has 0 saturated carbocycles. The average molecular weight is 431 g/mol. The topological polar surface area (TPSA) is 78.0 Å². The summed E-state index contributed by atoms with van der Waals surface area (Å²) in [6, 6.07) is 15.9. The molecule has 31 heavy (non-hydrogen) atoms. The Labute approximate surface area is 180 Å². The molecule has 9 heteroatoms. The van der Waals surface area contributed by atoms with Gasteiger partial charge in [0.2, 0.25) is 0 Å². The van der Waals surface area contributed by atoms with E-state index in [1.54, 1.807) is 43.4 Å². The Balaban J connectivity index is 1.44. The van der Waals surface area contributed by atoms with Crippen molar-refractivity contribution in [1.29, 1.82) is 0 Å². The molecule has 1 fully saturated rings. The monoisotopic (exact) mass is 431 g/mol. The van der Waals surface area contributed by atoms with Crippen molar-refractivity contribution in [1.82, 2.24) is 16.0 Å². The number of alkyl halides is 2. The van der Waals surface area contributed by atoms with Crippen molar-refractivity contribution in [3.8, 4) is 5.75 Å². The summed E-state index contributed by atoms with van der Waals surface area (Å²) in [7, 11) is 1.68. The van der Waals surface area contributed by atoms with Crippen molar-refractivity contribution < 1.29 is 18.3 Å². The van der Waals surface area contributed by atoms with Crippen LogP contribution in [0.25, 0.3) is 0 Å². The first-order valence-corrected chi connectivity index (χ1v) is 10.2. The second-order valence-corrected chi connectivity index (χ2v) is 7.04. The van der Waals surface area contributed by atoms with Crippen LogP contribution >= 0.6 is 0 Å². The molecule has 166 valence electrons. The number of aliphatic imine (C=N–C) groups is 1. The van der Waals surface area contributed by atoms with Gasteiger partial charge in [0, 0.05) is 44.8 Å². The number of nitrogens with one attached hydrogen (secondary N) is 3. The van der Waals surface area contributed by atoms with Crippen molar-refractivity contribution in [3.05, 3.63) is 60.2 Å². The summed E-state index contributed by atoms with van der Waals surface area (Å²) in [6.45, 7) is -0.549. The third-order valence-corrected chi connectivity index (χ3v) is 4.91. The third kappa shape index (κ3) is 6.56. The number of ether oxygens (including phenoxy) is 1. The minimum atomic E-state index is -2.86. The van der Waals surface area contributed by atoms with E-state index in [0.717, 1.165) is 6.42 Å². The molecule has 1 aliphatic rings. The van der Waals surface area contributed by atoms with Crippen LogP contribution in [-0.2, 0) is 0 Å². The van der Waals surface area contributed by atoms with Crippen LogP contribution in [0.2, 0.25) is 0 Å². The Morgan fingerprint density at radius 3 is 2.58 bits per heavy atom. The zero-order valence-corrected chi connectivity index (χ0v) is 17.4. The van der Waals surface area contributed by atoms with E-state index in [-0.39, 0.29) is 17.7 Å². The summed E-state index contributed by atoms with van der Waals surface area (Å²) in [4.78, 5) is 18.3. The summed E-state index contributed by atoms with van der Waals surface area (Å²) >= 11 is 0. The number of carbonyl (C=O) groups excluding carboxylic acids is 1. The minimum Gasteiger partial charge on any atom is -0.433 e. The number of para-hydroxylation sites is 2. The van der Waals surface area contributed by atoms with Crippen LogP contribution in [0.4, 0.5) is 14.5 Å². The van der Waals surface area contributed by atoms with Gasteiger partial charge in [0.1, 0.15) is 5.75 Å². The fourth-order valence-corrected chi connectivity index (χ4v) is 3.45. The van der Waals surface area contributed by atoms with Gasteiger partial charge in [0.25, 0.3) is 5.91 Å². The number of nitrogens with zero attached hydrogens (tertiary/aromatic N) is 2. The molecule has 1 saturated heterocycles. The van der Waals surface area contributed by atoms with Crippen LogP contribution in [0, 0.1) is 0 Å². The lowest BCUT2D eigenvalue weighted by Crippen LogP contribution is -2.46. The summed E-state index contributed by atoms with van der Waals surface area (Å²) in [5.41, 5.74) is 1.27. The normalized spacial score (nSPS) is 16.3. The summed E-state index contributed by atoms with van der Waals surface area (Å²) in [5, 5.41) is 9.37. The van der Waals surface area contributed by atoms with Crippen molar-refractivity contribution >= 4 is 17.6 Å². The predicted octanol–water partition coefficient (Wildman–Crippen LogP) is 2.46. The van der Waals surface area contributed by atoms with Crippen molar-refractivity contribution in [3.63, 3.8) is 0 Å². The molecule has 0 aromatic heterocycles. The van der Waals surface area contributed by atoms with Crippen LogP contribution in [0.3, 0.4) is 0 Å². The van der Waals surface area contributed by atoms with Gasteiger partial charge in [-0.1, -0.05) is 30.3 Å². The maximum absolute atomic E-state index is 12.7. The molecule has 2 aromatic carbocycles. The molecule has 7 nitrogen and oxygen atoms in total. The molecule has 0 radical (unpaired) electrons. The Kier molecular flexibility index (Phi) is 8.03. The van der Waals surface area contributed by atoms with Crippen molar-refractivity contribution in [2.45, 2.75) is 19.1 Å². The van der Waals surface area contributed by atoms with Crippen LogP contribution in [0.15, 0.2) is 59.6 Å². The van der Waals surface area contributed by atoms with Crippen LogP contribution in [0.1, 0.15) is 16.8 Å². The molecule has 3 N–H and O–H groups in total. The van der Waals surface area contributed by atoms with Crippen molar-refractivity contribution in [2.24, 2.45) is 4.99 Å². The first kappa shape index (κ1) is 22.3. The Morgan fingerprint density at radius 2 is 1.84 bits per heavy atom. The van der Waals surface area contributed by atoms with Gasteiger partial charge in [0.05, 0.1) is 5.69 Å². The SMILES string of the molecule is CN=C(NCCNC(=O)c1ccccc1)NC1CCN(c2ccccc2OC(F)F)C1. The van der Waals surface area contributed by atoms with Gasteiger partial charge in [-0.2, -0.15) is 8.78 Å². The van der Waals surface area contributed by atoms with Crippen LogP contribution < -0.4 is 25.6 Å². The lowest BCUT2D eigenvalue weighted by molar-refractivity contribution is -0.0495. The molecule has 0 spiro atoms. The van der Waals surface area contributed by atoms with Crippen molar-refractivity contribution in [2.75, 3.05) is 38.1 Å². The number of hydrogen-bond donors (Lipinski definition) is 3. The zero-order valence-electron chi connectivity index (χ0n) is 17.4. The molecule has 2 aromatic rings. The second kappa shape index (κ2) is 11.1. The van der Waals surface area contributed by atoms with Gasteiger partial charge in [-0.25, -0.2) is 0 Å². The van der Waals surface area contributed by atoms with Gasteiger partial charge < -0.3 is 25.6 Å². The van der Waals surface area contributed by atoms with Gasteiger partial charge >= 0.3 is 6.61 Å². The Hall–Kier alpha value is -3.36. The molecule has 1 atom stereocenters. The highest BCUT2D eigenvalue weighted by molar-refractivity contribution is 5.94. The number of carbonyl (C=O) groups is 1. The Bertz CT molecular complexity index is 879. The van der Waals surface area contributed by atoms with Gasteiger partial charge in [-0.05, 0) is 30.7 Å². The van der Waals surface area contributed by atoms with Crippen LogP contribution in [0.5, 0.6) is 5.75 Å². The highest BCUT2D eigenvalue weighted by atomic mass is 19.3. The fourth-order valence-electron chi connectivity index (χ4n) is 3.45. The first-order valence-electron chi connectivity index (χ1n) is 10.2. The summed E-state index contributed by atoms with van der Waals surface area (Å²) < 4.78 is 30.0. The number of benzene rings is 2. The molecular weight excluding hydrogens is 404 g/mol. The number of hydrogen-bond acceptors (Lipinski definition) is 4. The number of amides is 1. The molecule has 1 unspecified atom stereocenters. The van der Waals surface area contributed by atoms with Gasteiger partial charge in [0.15, 0.2) is 5.96 Å². The second-order valence-electron chi connectivity index (χ2n) is 7.04. The van der Waals surface area contributed by atoms with Crippen LogP contribution in [-0.4, -0.2) is 57.7 Å². The smallest absolute Gasteiger partial charge is 0.387 e. The zero-order chi connectivity index (χ0) is 22.1. The highest BCUT2D eigenvalue weighted by Crippen LogP contribution is 2.31. The van der Waals surface area contributed by atoms with E-state index >= 15 is 0 Å². The van der Waals surface area contributed by atoms with E-state index in [9.17, 15) is 13.6 Å². The summed E-state index contributed by atoms with van der Waals surface area (Å²) in [5.74, 6) is 0.675. The lowest BCUT2D eigenvalue weighted by atomic mass is 10.2. The van der Waals surface area contributed by atoms with E-state index in [1.807, 2.05) is 23.1 Å². The molecule has 0 aliphatic carbocycles. The lowest BCUT2D eigenvalue weighted by Gasteiger charge is -2.22. The quantitative estimate of drug-likeness (QED) is 0.340.